The summed E-state index contributed by atoms with van der Waals surface area (Å²) in [6.45, 7) is 6.05. The number of fused-ring (bicyclic) bond motifs is 4. The van der Waals surface area contributed by atoms with Crippen LogP contribution in [0.4, 0.5) is 0 Å². The molecule has 1 aliphatic carbocycles. The lowest BCUT2D eigenvalue weighted by molar-refractivity contribution is -0.358. The Morgan fingerprint density at radius 2 is 1.92 bits per heavy atom. The summed E-state index contributed by atoms with van der Waals surface area (Å²) in [6, 6.07) is 7.76. The third-order valence-electron chi connectivity index (χ3n) is 6.58. The van der Waals surface area contributed by atoms with Crippen LogP contribution < -0.4 is 10.3 Å². The lowest BCUT2D eigenvalue weighted by Crippen LogP contribution is -2.63. The van der Waals surface area contributed by atoms with Gasteiger partial charge in [-0.05, 0) is 45.7 Å². The van der Waals surface area contributed by atoms with Crippen molar-refractivity contribution in [3.05, 3.63) is 40.2 Å². The summed E-state index contributed by atoms with van der Waals surface area (Å²) < 4.78 is 8.11. The normalized spacial score (nSPS) is 37.1. The third-order valence-corrected chi connectivity index (χ3v) is 7.37. The van der Waals surface area contributed by atoms with E-state index in [9.17, 15) is 4.79 Å². The van der Waals surface area contributed by atoms with E-state index in [1.54, 1.807) is 11.6 Å². The van der Waals surface area contributed by atoms with E-state index in [0.29, 0.717) is 11.3 Å². The van der Waals surface area contributed by atoms with Gasteiger partial charge in [0.15, 0.2) is 5.60 Å². The first-order valence-corrected chi connectivity index (χ1v) is 9.48. The van der Waals surface area contributed by atoms with Gasteiger partial charge in [0, 0.05) is 18.4 Å². The number of ether oxygens (including phenoxy) is 1. The largest absolute Gasteiger partial charge is 0.486 e. The van der Waals surface area contributed by atoms with E-state index in [4.69, 9.17) is 26.1 Å². The van der Waals surface area contributed by atoms with Gasteiger partial charge in [0.1, 0.15) is 22.3 Å². The molecule has 1 aromatic heterocycles. The van der Waals surface area contributed by atoms with Crippen LogP contribution in [-0.2, 0) is 22.4 Å². The molecule has 5 nitrogen and oxygen atoms in total. The zero-order valence-corrected chi connectivity index (χ0v) is 16.1. The van der Waals surface area contributed by atoms with Crippen LogP contribution in [0.15, 0.2) is 29.1 Å². The number of aromatic nitrogens is 1. The van der Waals surface area contributed by atoms with Crippen LogP contribution in [0.2, 0.25) is 0 Å². The molecule has 26 heavy (non-hydrogen) atoms. The number of pyridine rings is 1. The molecule has 4 atom stereocenters. The quantitative estimate of drug-likeness (QED) is 0.521. The van der Waals surface area contributed by atoms with Crippen LogP contribution in [0.3, 0.4) is 0 Å². The van der Waals surface area contributed by atoms with Gasteiger partial charge in [-0.25, -0.2) is 9.78 Å². The summed E-state index contributed by atoms with van der Waals surface area (Å²) in [5, 5.41) is 0.418. The average Bonchev–Trinajstić information content (AvgIpc) is 2.76. The molecule has 2 aromatic rings. The van der Waals surface area contributed by atoms with Crippen LogP contribution in [0.5, 0.6) is 5.75 Å². The maximum atomic E-state index is 13.4. The number of aryl methyl sites for hydroxylation is 1. The highest BCUT2D eigenvalue weighted by Crippen LogP contribution is 2.64. The van der Waals surface area contributed by atoms with Gasteiger partial charge in [-0.1, -0.05) is 12.1 Å². The number of benzene rings is 1. The summed E-state index contributed by atoms with van der Waals surface area (Å²) in [5.41, 5.74) is -0.981. The van der Waals surface area contributed by atoms with E-state index < -0.39 is 22.2 Å². The second-order valence-electron chi connectivity index (χ2n) is 8.52. The highest BCUT2D eigenvalue weighted by Gasteiger charge is 2.72. The van der Waals surface area contributed by atoms with Crippen molar-refractivity contribution in [1.82, 2.24) is 4.57 Å². The van der Waals surface area contributed by atoms with Crippen molar-refractivity contribution in [2.75, 3.05) is 0 Å². The molecule has 1 aromatic carbocycles. The summed E-state index contributed by atoms with van der Waals surface area (Å²) in [5.74, 6) is 0.500. The van der Waals surface area contributed by atoms with Crippen LogP contribution in [0.25, 0.3) is 10.9 Å². The zero-order valence-electron chi connectivity index (χ0n) is 15.3. The van der Waals surface area contributed by atoms with E-state index >= 15 is 0 Å². The Bertz CT molecular complexity index is 999. The Hall–Kier alpha value is -1.56. The van der Waals surface area contributed by atoms with Gasteiger partial charge in [-0.3, -0.25) is 4.79 Å². The molecule has 0 unspecified atom stereocenters. The fourth-order valence-corrected chi connectivity index (χ4v) is 5.65. The van der Waals surface area contributed by atoms with Gasteiger partial charge in [-0.15, -0.1) is 11.6 Å². The minimum atomic E-state index is -1.01. The van der Waals surface area contributed by atoms with Gasteiger partial charge in [0.25, 0.3) is 5.56 Å². The molecule has 138 valence electrons. The highest BCUT2D eigenvalue weighted by atomic mass is 35.5. The fraction of sp³-hybridized carbons (Fsp3) is 0.550. The molecule has 1 spiro atoms. The first-order chi connectivity index (χ1) is 12.2. The Morgan fingerprint density at radius 3 is 2.69 bits per heavy atom. The van der Waals surface area contributed by atoms with Crippen LogP contribution in [0.1, 0.15) is 39.2 Å². The van der Waals surface area contributed by atoms with E-state index in [-0.39, 0.29) is 11.5 Å². The lowest BCUT2D eigenvalue weighted by Gasteiger charge is -2.53. The van der Waals surface area contributed by atoms with Crippen molar-refractivity contribution >= 4 is 22.5 Å². The van der Waals surface area contributed by atoms with Crippen LogP contribution >= 0.6 is 11.6 Å². The second kappa shape index (κ2) is 4.83. The van der Waals surface area contributed by atoms with E-state index in [1.807, 2.05) is 45.0 Å². The van der Waals surface area contributed by atoms with Gasteiger partial charge >= 0.3 is 0 Å². The molecule has 2 aliphatic heterocycles. The molecule has 3 heterocycles. The van der Waals surface area contributed by atoms with Crippen molar-refractivity contribution in [1.29, 1.82) is 0 Å². The minimum absolute atomic E-state index is 0.0746. The fourth-order valence-electron chi connectivity index (χ4n) is 5.21. The Kier molecular flexibility index (Phi) is 3.08. The number of hydrogen-bond donors (Lipinski definition) is 0. The number of hydrogen-bond acceptors (Lipinski definition) is 4. The SMILES string of the molecule is Cn1c(=O)c2c(c3ccccc31)OC(C)(C)[C@@H]1CC[C@@]3(C)OO[C@@]21[C@H]3Cl. The number of halogens is 1. The number of rotatable bonds is 0. The lowest BCUT2D eigenvalue weighted by atomic mass is 9.60. The van der Waals surface area contributed by atoms with Crippen LogP contribution in [-0.4, -0.2) is 21.1 Å². The van der Waals surface area contributed by atoms with Crippen LogP contribution in [0, 0.1) is 5.92 Å². The second-order valence-corrected chi connectivity index (χ2v) is 8.95. The highest BCUT2D eigenvalue weighted by molar-refractivity contribution is 6.22. The monoisotopic (exact) mass is 375 g/mol. The molecule has 1 saturated heterocycles. The molecule has 5 rings (SSSR count). The molecule has 6 heteroatoms. The smallest absolute Gasteiger partial charge is 0.260 e. The first kappa shape index (κ1) is 16.6. The molecule has 0 N–H and O–H groups in total. The number of para-hydroxylation sites is 1. The van der Waals surface area contributed by atoms with E-state index in [1.165, 1.54) is 0 Å². The molecule has 2 fully saturated rings. The average molecular weight is 376 g/mol. The molecular weight excluding hydrogens is 354 g/mol. The third kappa shape index (κ3) is 1.72. The Labute approximate surface area is 156 Å². The van der Waals surface area contributed by atoms with E-state index in [0.717, 1.165) is 23.7 Å². The minimum Gasteiger partial charge on any atom is -0.486 e. The van der Waals surface area contributed by atoms with Gasteiger partial charge in [0.2, 0.25) is 0 Å². The molecule has 0 amide bonds. The molecule has 3 aliphatic rings. The summed E-state index contributed by atoms with van der Waals surface area (Å²) in [6.07, 6.45) is 1.59. The zero-order chi connectivity index (χ0) is 18.5. The van der Waals surface area contributed by atoms with Crippen molar-refractivity contribution < 1.29 is 14.5 Å². The van der Waals surface area contributed by atoms with Gasteiger partial charge in [-0.2, -0.15) is 0 Å². The van der Waals surface area contributed by atoms with Crippen molar-refractivity contribution in [3.8, 4) is 5.75 Å². The predicted octanol–water partition coefficient (Wildman–Crippen LogP) is 3.64. The Balaban J connectivity index is 1.94. The molecular formula is C20H22ClNO4. The standard InChI is InChI=1S/C20H22ClNO4/c1-18(2)13-9-10-19(3)17(21)20(13,26-25-19)14-15(24-18)11-7-5-6-8-12(11)22(4)16(14)23/h5-8,13,17H,9-10H2,1-4H3/t13-,17-,19+,20+/m0/s1. The maximum absolute atomic E-state index is 13.4. The topological polar surface area (TPSA) is 49.7 Å². The van der Waals surface area contributed by atoms with Gasteiger partial charge in [0.05, 0.1) is 11.1 Å². The number of alkyl halides is 1. The molecule has 1 saturated carbocycles. The van der Waals surface area contributed by atoms with Crippen molar-refractivity contribution in [3.63, 3.8) is 0 Å². The summed E-state index contributed by atoms with van der Waals surface area (Å²) in [4.78, 5) is 25.2. The van der Waals surface area contributed by atoms with Gasteiger partial charge < -0.3 is 9.30 Å². The summed E-state index contributed by atoms with van der Waals surface area (Å²) in [7, 11) is 1.78. The van der Waals surface area contributed by atoms with Crippen molar-refractivity contribution in [2.24, 2.45) is 13.0 Å². The maximum Gasteiger partial charge on any atom is 0.260 e. The van der Waals surface area contributed by atoms with E-state index in [2.05, 4.69) is 0 Å². The van der Waals surface area contributed by atoms with Crippen molar-refractivity contribution in [2.45, 2.75) is 55.8 Å². The first-order valence-electron chi connectivity index (χ1n) is 9.04. The Morgan fingerprint density at radius 1 is 1.19 bits per heavy atom. The number of nitrogens with zero attached hydrogens (tertiary/aromatic N) is 1. The molecule has 2 bridgehead atoms. The predicted molar refractivity (Wildman–Crippen MR) is 98.5 cm³/mol. The molecule has 0 radical (unpaired) electrons. The summed E-state index contributed by atoms with van der Waals surface area (Å²) >= 11 is 6.96.